The average Bonchev–Trinajstić information content (AvgIpc) is 2.77. The highest BCUT2D eigenvalue weighted by Crippen LogP contribution is 2.13. The maximum atomic E-state index is 12.2. The Bertz CT molecular complexity index is 686. The van der Waals surface area contributed by atoms with Crippen LogP contribution >= 0.6 is 0 Å². The lowest BCUT2D eigenvalue weighted by atomic mass is 10.1. The van der Waals surface area contributed by atoms with Crippen LogP contribution in [-0.2, 0) is 11.3 Å². The van der Waals surface area contributed by atoms with Crippen LogP contribution in [0.3, 0.4) is 0 Å². The van der Waals surface area contributed by atoms with Crippen LogP contribution in [0.25, 0.3) is 0 Å². The Kier molecular flexibility index (Phi) is 4.75. The van der Waals surface area contributed by atoms with Crippen molar-refractivity contribution in [3.63, 3.8) is 0 Å². The molecule has 5 heteroatoms. The van der Waals surface area contributed by atoms with Crippen molar-refractivity contribution >= 4 is 17.4 Å². The Morgan fingerprint density at radius 2 is 1.86 bits per heavy atom. The molecule has 2 aromatic rings. The minimum Gasteiger partial charge on any atom is -0.326 e. The lowest BCUT2D eigenvalue weighted by Gasteiger charge is -2.13. The summed E-state index contributed by atoms with van der Waals surface area (Å²) in [6.45, 7) is 7.84. The van der Waals surface area contributed by atoms with E-state index in [4.69, 9.17) is 0 Å². The summed E-state index contributed by atoms with van der Waals surface area (Å²) in [4.78, 5) is 23.5. The predicted octanol–water partition coefficient (Wildman–Crippen LogP) is 2.98. The predicted molar refractivity (Wildman–Crippen MR) is 85.9 cm³/mol. The molecule has 1 aromatic carbocycles. The lowest BCUT2D eigenvalue weighted by molar-refractivity contribution is -0.119. The number of Topliss-reactive ketones (excluding diaryl/α,β-unsaturated/α-hetero) is 1. The van der Waals surface area contributed by atoms with Crippen molar-refractivity contribution in [3.8, 4) is 0 Å². The van der Waals surface area contributed by atoms with Gasteiger partial charge in [0.25, 0.3) is 0 Å². The fraction of sp³-hybridized carbons (Fsp3) is 0.353. The normalized spacial score (nSPS) is 12.0. The number of rotatable bonds is 5. The van der Waals surface area contributed by atoms with Gasteiger partial charge < -0.3 is 5.32 Å². The van der Waals surface area contributed by atoms with E-state index in [1.807, 2.05) is 31.5 Å². The molecule has 2 rings (SSSR count). The van der Waals surface area contributed by atoms with Gasteiger partial charge in [-0.3, -0.25) is 14.3 Å². The van der Waals surface area contributed by atoms with Gasteiger partial charge in [0.2, 0.25) is 5.91 Å². The van der Waals surface area contributed by atoms with Gasteiger partial charge in [0.05, 0.1) is 18.2 Å². The third-order valence-corrected chi connectivity index (χ3v) is 3.56. The summed E-state index contributed by atoms with van der Waals surface area (Å²) in [5, 5.41) is 7.23. The molecule has 0 saturated heterocycles. The first-order valence-electron chi connectivity index (χ1n) is 7.29. The maximum Gasteiger partial charge on any atom is 0.229 e. The molecule has 0 fully saturated rings. The Balaban J connectivity index is 1.99. The van der Waals surface area contributed by atoms with Gasteiger partial charge in [-0.2, -0.15) is 5.10 Å². The van der Waals surface area contributed by atoms with Crippen molar-refractivity contribution in [2.75, 3.05) is 5.32 Å². The zero-order valence-electron chi connectivity index (χ0n) is 13.4. The number of aromatic nitrogens is 2. The number of hydrogen-bond donors (Lipinski definition) is 1. The van der Waals surface area contributed by atoms with E-state index in [2.05, 4.69) is 10.4 Å². The molecule has 1 amide bonds. The molecule has 22 heavy (non-hydrogen) atoms. The van der Waals surface area contributed by atoms with E-state index >= 15 is 0 Å². The lowest BCUT2D eigenvalue weighted by Crippen LogP contribution is -2.25. The molecular formula is C17H21N3O2. The number of anilines is 1. The van der Waals surface area contributed by atoms with Crippen LogP contribution in [-0.4, -0.2) is 21.5 Å². The van der Waals surface area contributed by atoms with Gasteiger partial charge >= 0.3 is 0 Å². The molecule has 0 aliphatic carbocycles. The number of aryl methyl sites for hydroxylation is 2. The summed E-state index contributed by atoms with van der Waals surface area (Å²) >= 11 is 0. The highest BCUT2D eigenvalue weighted by Gasteiger charge is 2.15. The smallest absolute Gasteiger partial charge is 0.229 e. The monoisotopic (exact) mass is 299 g/mol. The minimum absolute atomic E-state index is 0.00997. The van der Waals surface area contributed by atoms with Gasteiger partial charge in [0.15, 0.2) is 5.78 Å². The quantitative estimate of drug-likeness (QED) is 0.863. The van der Waals surface area contributed by atoms with Crippen LogP contribution in [0.1, 0.15) is 35.6 Å². The van der Waals surface area contributed by atoms with E-state index < -0.39 is 0 Å². The average molecular weight is 299 g/mol. The van der Waals surface area contributed by atoms with Crippen molar-refractivity contribution in [2.24, 2.45) is 5.92 Å². The Morgan fingerprint density at radius 1 is 1.23 bits per heavy atom. The molecular weight excluding hydrogens is 278 g/mol. The summed E-state index contributed by atoms with van der Waals surface area (Å²) in [5.74, 6) is -0.260. The molecule has 1 heterocycles. The Labute approximate surface area is 130 Å². The number of nitrogens with one attached hydrogen (secondary N) is 1. The molecule has 0 unspecified atom stereocenters. The number of carbonyl (C=O) groups is 2. The zero-order valence-corrected chi connectivity index (χ0v) is 13.4. The molecule has 1 aromatic heterocycles. The van der Waals surface area contributed by atoms with E-state index in [1.165, 1.54) is 6.92 Å². The highest BCUT2D eigenvalue weighted by molar-refractivity contribution is 5.96. The first kappa shape index (κ1) is 15.9. The van der Waals surface area contributed by atoms with E-state index in [-0.39, 0.29) is 17.6 Å². The molecule has 1 N–H and O–H groups in total. The van der Waals surface area contributed by atoms with E-state index in [9.17, 15) is 9.59 Å². The van der Waals surface area contributed by atoms with E-state index in [1.54, 1.807) is 24.3 Å². The molecule has 1 atom stereocenters. The van der Waals surface area contributed by atoms with Gasteiger partial charge in [-0.15, -0.1) is 0 Å². The Morgan fingerprint density at radius 3 is 2.36 bits per heavy atom. The molecule has 0 saturated carbocycles. The van der Waals surface area contributed by atoms with Crippen molar-refractivity contribution in [1.82, 2.24) is 9.78 Å². The SMILES string of the molecule is CC(=O)c1ccc(NC(=O)[C@@H](C)Cn2nc(C)cc2C)cc1. The number of amides is 1. The summed E-state index contributed by atoms with van der Waals surface area (Å²) in [7, 11) is 0. The number of carbonyl (C=O) groups excluding carboxylic acids is 2. The third kappa shape index (κ3) is 3.81. The first-order chi connectivity index (χ1) is 10.4. The first-order valence-corrected chi connectivity index (χ1v) is 7.29. The molecule has 0 aliphatic rings. The van der Waals surface area contributed by atoms with Gasteiger partial charge in [0, 0.05) is 16.9 Å². The van der Waals surface area contributed by atoms with E-state index in [0.29, 0.717) is 17.8 Å². The van der Waals surface area contributed by atoms with Gasteiger partial charge in [0.1, 0.15) is 0 Å². The van der Waals surface area contributed by atoms with Crippen molar-refractivity contribution < 1.29 is 9.59 Å². The summed E-state index contributed by atoms with van der Waals surface area (Å²) in [5.41, 5.74) is 3.32. The van der Waals surface area contributed by atoms with E-state index in [0.717, 1.165) is 11.4 Å². The number of ketones is 1. The molecule has 0 bridgehead atoms. The molecule has 0 aliphatic heterocycles. The van der Waals surface area contributed by atoms with Gasteiger partial charge in [-0.1, -0.05) is 6.92 Å². The summed E-state index contributed by atoms with van der Waals surface area (Å²) in [6, 6.07) is 8.90. The highest BCUT2D eigenvalue weighted by atomic mass is 16.2. The standard InChI is InChI=1S/C17H21N3O2/c1-11(10-20-13(3)9-12(2)19-20)17(22)18-16-7-5-15(6-8-16)14(4)21/h5-9,11H,10H2,1-4H3,(H,18,22)/t11-/m0/s1. The van der Waals surface area contributed by atoms with Crippen LogP contribution < -0.4 is 5.32 Å². The van der Waals surface area contributed by atoms with Crippen molar-refractivity contribution in [1.29, 1.82) is 0 Å². The molecule has 0 radical (unpaired) electrons. The van der Waals surface area contributed by atoms with Gasteiger partial charge in [-0.05, 0) is 51.1 Å². The number of hydrogen-bond acceptors (Lipinski definition) is 3. The molecule has 116 valence electrons. The fourth-order valence-electron chi connectivity index (χ4n) is 2.26. The second-order valence-electron chi connectivity index (χ2n) is 5.63. The summed E-state index contributed by atoms with van der Waals surface area (Å²) < 4.78 is 1.85. The van der Waals surface area contributed by atoms with Crippen molar-refractivity contribution in [2.45, 2.75) is 34.2 Å². The number of benzene rings is 1. The second kappa shape index (κ2) is 6.56. The minimum atomic E-state index is -0.203. The molecule has 5 nitrogen and oxygen atoms in total. The third-order valence-electron chi connectivity index (χ3n) is 3.56. The molecule has 0 spiro atoms. The van der Waals surface area contributed by atoms with Crippen molar-refractivity contribution in [3.05, 3.63) is 47.3 Å². The van der Waals surface area contributed by atoms with Crippen LogP contribution in [0.2, 0.25) is 0 Å². The summed E-state index contributed by atoms with van der Waals surface area (Å²) in [6.07, 6.45) is 0. The number of nitrogens with zero attached hydrogens (tertiary/aromatic N) is 2. The van der Waals surface area contributed by atoms with Gasteiger partial charge in [-0.25, -0.2) is 0 Å². The van der Waals surface area contributed by atoms with Crippen LogP contribution in [0.5, 0.6) is 0 Å². The topological polar surface area (TPSA) is 64.0 Å². The zero-order chi connectivity index (χ0) is 16.3. The maximum absolute atomic E-state index is 12.2. The second-order valence-corrected chi connectivity index (χ2v) is 5.63. The van der Waals surface area contributed by atoms with Crippen LogP contribution in [0, 0.1) is 19.8 Å². The Hall–Kier alpha value is -2.43. The van der Waals surface area contributed by atoms with Crippen LogP contribution in [0.4, 0.5) is 5.69 Å². The fourth-order valence-corrected chi connectivity index (χ4v) is 2.26. The largest absolute Gasteiger partial charge is 0.326 e. The van der Waals surface area contributed by atoms with Crippen LogP contribution in [0.15, 0.2) is 30.3 Å².